The fourth-order valence-electron chi connectivity index (χ4n) is 1.92. The highest BCUT2D eigenvalue weighted by Crippen LogP contribution is 2.27. The summed E-state index contributed by atoms with van der Waals surface area (Å²) in [4.78, 5) is 11.6. The van der Waals surface area contributed by atoms with Gasteiger partial charge in [0.15, 0.2) is 0 Å². The number of rotatable bonds is 8. The molecule has 1 atom stereocenters. The molecular weight excluding hydrogens is 288 g/mol. The number of hydrogen-bond acceptors (Lipinski definition) is 3. The lowest BCUT2D eigenvalue weighted by molar-refractivity contribution is -0.120. The molecule has 0 bridgehead atoms. The monoisotopic (exact) mass is 312 g/mol. The molecule has 2 N–H and O–H groups in total. The zero-order valence-corrected chi connectivity index (χ0v) is 13.5. The SMILES string of the molecule is Cc1ccc(OC(C)CNC(=O)CNCC2CC2)cc1.Cl. The minimum Gasteiger partial charge on any atom is -0.489 e. The van der Waals surface area contributed by atoms with Gasteiger partial charge in [0.2, 0.25) is 5.91 Å². The summed E-state index contributed by atoms with van der Waals surface area (Å²) in [7, 11) is 0. The van der Waals surface area contributed by atoms with Crippen LogP contribution in [0.1, 0.15) is 25.3 Å². The number of carbonyl (C=O) groups excluding carboxylic acids is 1. The van der Waals surface area contributed by atoms with E-state index >= 15 is 0 Å². The molecular formula is C16H25ClN2O2. The van der Waals surface area contributed by atoms with Crippen LogP contribution in [0.5, 0.6) is 5.75 Å². The number of aryl methyl sites for hydroxylation is 1. The summed E-state index contributed by atoms with van der Waals surface area (Å²) in [5.74, 6) is 1.67. The molecule has 0 spiro atoms. The molecule has 1 aliphatic carbocycles. The fraction of sp³-hybridized carbons (Fsp3) is 0.562. The fourth-order valence-corrected chi connectivity index (χ4v) is 1.92. The van der Waals surface area contributed by atoms with Crippen LogP contribution < -0.4 is 15.4 Å². The molecule has 5 heteroatoms. The first-order valence-electron chi connectivity index (χ1n) is 7.34. The van der Waals surface area contributed by atoms with E-state index in [0.717, 1.165) is 18.2 Å². The van der Waals surface area contributed by atoms with Gasteiger partial charge in [-0.1, -0.05) is 17.7 Å². The van der Waals surface area contributed by atoms with Gasteiger partial charge in [-0.2, -0.15) is 0 Å². The first-order valence-corrected chi connectivity index (χ1v) is 7.34. The summed E-state index contributed by atoms with van der Waals surface area (Å²) in [5.41, 5.74) is 1.21. The van der Waals surface area contributed by atoms with Gasteiger partial charge in [0.25, 0.3) is 0 Å². The lowest BCUT2D eigenvalue weighted by Gasteiger charge is -2.15. The second-order valence-corrected chi connectivity index (χ2v) is 5.62. The molecule has 1 aromatic carbocycles. The number of carbonyl (C=O) groups is 1. The van der Waals surface area contributed by atoms with E-state index < -0.39 is 0 Å². The first-order chi connectivity index (χ1) is 9.63. The van der Waals surface area contributed by atoms with Crippen LogP contribution in [-0.4, -0.2) is 31.6 Å². The summed E-state index contributed by atoms with van der Waals surface area (Å²) in [6, 6.07) is 7.93. The Labute approximate surface area is 133 Å². The van der Waals surface area contributed by atoms with E-state index in [4.69, 9.17) is 4.74 Å². The van der Waals surface area contributed by atoms with Crippen LogP contribution in [-0.2, 0) is 4.79 Å². The van der Waals surface area contributed by atoms with Crippen molar-refractivity contribution in [2.75, 3.05) is 19.6 Å². The van der Waals surface area contributed by atoms with Crippen LogP contribution in [0.3, 0.4) is 0 Å². The number of amides is 1. The Kier molecular flexibility index (Phi) is 7.54. The zero-order valence-electron chi connectivity index (χ0n) is 12.7. The molecule has 0 heterocycles. The molecule has 2 rings (SSSR count). The molecule has 0 aromatic heterocycles. The Hall–Kier alpha value is -1.26. The van der Waals surface area contributed by atoms with E-state index in [1.54, 1.807) is 0 Å². The minimum absolute atomic E-state index is 0. The standard InChI is InChI=1S/C16H24N2O2.ClH/c1-12-3-7-15(8-4-12)20-13(2)9-18-16(19)11-17-10-14-5-6-14;/h3-4,7-8,13-14,17H,5-6,9-11H2,1-2H3,(H,18,19);1H. The van der Waals surface area contributed by atoms with Gasteiger partial charge in [-0.15, -0.1) is 12.4 Å². The van der Waals surface area contributed by atoms with Gasteiger partial charge in [-0.3, -0.25) is 4.79 Å². The van der Waals surface area contributed by atoms with Gasteiger partial charge in [0, 0.05) is 0 Å². The summed E-state index contributed by atoms with van der Waals surface area (Å²) in [5, 5.41) is 6.06. The Morgan fingerprint density at radius 2 is 2.00 bits per heavy atom. The van der Waals surface area contributed by atoms with Gasteiger partial charge in [0.1, 0.15) is 11.9 Å². The van der Waals surface area contributed by atoms with Crippen molar-refractivity contribution in [3.8, 4) is 5.75 Å². The lowest BCUT2D eigenvalue weighted by atomic mass is 10.2. The molecule has 118 valence electrons. The van der Waals surface area contributed by atoms with Crippen LogP contribution in [0.2, 0.25) is 0 Å². The predicted molar refractivity (Wildman–Crippen MR) is 87.1 cm³/mol. The maximum atomic E-state index is 11.6. The van der Waals surface area contributed by atoms with E-state index in [1.807, 2.05) is 38.1 Å². The summed E-state index contributed by atoms with van der Waals surface area (Å²) >= 11 is 0. The summed E-state index contributed by atoms with van der Waals surface area (Å²) in [6.07, 6.45) is 2.57. The maximum absolute atomic E-state index is 11.6. The molecule has 4 nitrogen and oxygen atoms in total. The number of halogens is 1. The van der Waals surface area contributed by atoms with Crippen LogP contribution in [0.15, 0.2) is 24.3 Å². The lowest BCUT2D eigenvalue weighted by Crippen LogP contribution is -2.39. The summed E-state index contributed by atoms with van der Waals surface area (Å²) in [6.45, 7) is 5.88. The molecule has 0 saturated heterocycles. The largest absolute Gasteiger partial charge is 0.489 e. The van der Waals surface area contributed by atoms with Crippen molar-refractivity contribution in [1.29, 1.82) is 0 Å². The molecule has 1 aliphatic rings. The average Bonchev–Trinajstić information content (AvgIpc) is 3.23. The van der Waals surface area contributed by atoms with Gasteiger partial charge in [-0.05, 0) is 51.3 Å². The Morgan fingerprint density at radius 3 is 2.62 bits per heavy atom. The van der Waals surface area contributed by atoms with E-state index in [2.05, 4.69) is 10.6 Å². The van der Waals surface area contributed by atoms with Gasteiger partial charge in [0.05, 0.1) is 13.1 Å². The second-order valence-electron chi connectivity index (χ2n) is 5.62. The van der Waals surface area contributed by atoms with E-state index in [0.29, 0.717) is 13.1 Å². The van der Waals surface area contributed by atoms with Gasteiger partial charge < -0.3 is 15.4 Å². The molecule has 1 amide bonds. The van der Waals surface area contributed by atoms with Crippen molar-refractivity contribution < 1.29 is 9.53 Å². The van der Waals surface area contributed by atoms with Gasteiger partial charge in [-0.25, -0.2) is 0 Å². The highest BCUT2D eigenvalue weighted by molar-refractivity contribution is 5.85. The Bertz CT molecular complexity index is 432. The van der Waals surface area contributed by atoms with Crippen LogP contribution >= 0.6 is 12.4 Å². The average molecular weight is 313 g/mol. The van der Waals surface area contributed by atoms with Crippen LogP contribution in [0.25, 0.3) is 0 Å². The highest BCUT2D eigenvalue weighted by Gasteiger charge is 2.20. The smallest absolute Gasteiger partial charge is 0.234 e. The van der Waals surface area contributed by atoms with Crippen molar-refractivity contribution in [3.63, 3.8) is 0 Å². The molecule has 0 radical (unpaired) electrons. The van der Waals surface area contributed by atoms with Crippen molar-refractivity contribution in [1.82, 2.24) is 10.6 Å². The first kappa shape index (κ1) is 17.8. The number of hydrogen-bond donors (Lipinski definition) is 2. The third-order valence-electron chi connectivity index (χ3n) is 3.36. The molecule has 1 unspecified atom stereocenters. The van der Waals surface area contributed by atoms with Crippen molar-refractivity contribution >= 4 is 18.3 Å². The van der Waals surface area contributed by atoms with Crippen molar-refractivity contribution in [3.05, 3.63) is 29.8 Å². The molecule has 1 saturated carbocycles. The summed E-state index contributed by atoms with van der Waals surface area (Å²) < 4.78 is 5.74. The Balaban J connectivity index is 0.00000220. The predicted octanol–water partition coefficient (Wildman–Crippen LogP) is 2.30. The molecule has 21 heavy (non-hydrogen) atoms. The molecule has 1 fully saturated rings. The third kappa shape index (κ3) is 7.34. The van der Waals surface area contributed by atoms with Crippen molar-refractivity contribution in [2.45, 2.75) is 32.8 Å². The van der Waals surface area contributed by atoms with E-state index in [9.17, 15) is 4.79 Å². The van der Waals surface area contributed by atoms with Crippen LogP contribution in [0.4, 0.5) is 0 Å². The van der Waals surface area contributed by atoms with Crippen LogP contribution in [0, 0.1) is 12.8 Å². The second kappa shape index (κ2) is 8.90. The van der Waals surface area contributed by atoms with Gasteiger partial charge >= 0.3 is 0 Å². The van der Waals surface area contributed by atoms with E-state index in [1.165, 1.54) is 18.4 Å². The minimum atomic E-state index is -0.0370. The molecule has 0 aliphatic heterocycles. The quantitative estimate of drug-likeness (QED) is 0.774. The van der Waals surface area contributed by atoms with Crippen molar-refractivity contribution in [2.24, 2.45) is 5.92 Å². The molecule has 1 aromatic rings. The Morgan fingerprint density at radius 1 is 1.33 bits per heavy atom. The van der Waals surface area contributed by atoms with E-state index in [-0.39, 0.29) is 24.4 Å². The number of ether oxygens (including phenoxy) is 1. The number of nitrogens with one attached hydrogen (secondary N) is 2. The highest BCUT2D eigenvalue weighted by atomic mass is 35.5. The number of benzene rings is 1. The maximum Gasteiger partial charge on any atom is 0.234 e. The normalized spacial score (nSPS) is 15.0. The zero-order chi connectivity index (χ0) is 14.4. The third-order valence-corrected chi connectivity index (χ3v) is 3.36. The topological polar surface area (TPSA) is 50.4 Å².